The topological polar surface area (TPSA) is 46.2 Å². The summed E-state index contributed by atoms with van der Waals surface area (Å²) in [5.74, 6) is 0.481. The zero-order chi connectivity index (χ0) is 14.6. The van der Waals surface area contributed by atoms with Crippen LogP contribution in [0.5, 0.6) is 0 Å². The summed E-state index contributed by atoms with van der Waals surface area (Å²) in [7, 11) is -3.50. The molecule has 2 aromatic rings. The van der Waals surface area contributed by atoms with E-state index in [2.05, 4.69) is 18.6 Å². The predicted molar refractivity (Wildman–Crippen MR) is 82.4 cm³/mol. The molecule has 0 aromatic heterocycles. The fraction of sp³-hybridized carbons (Fsp3) is 0.250. The Hall–Kier alpha value is -1.81. The molecule has 1 atom stereocenters. The molecule has 0 aliphatic heterocycles. The number of anilines is 1. The second kappa shape index (κ2) is 6.09. The molecule has 0 aliphatic rings. The minimum absolute atomic E-state index is 0.269. The van der Waals surface area contributed by atoms with Gasteiger partial charge < -0.3 is 0 Å². The van der Waals surface area contributed by atoms with Crippen LogP contribution in [-0.4, -0.2) is 8.42 Å². The van der Waals surface area contributed by atoms with Crippen LogP contribution in [0.3, 0.4) is 0 Å². The van der Waals surface area contributed by atoms with Crippen LogP contribution < -0.4 is 4.72 Å². The van der Waals surface area contributed by atoms with Crippen LogP contribution in [0, 0.1) is 0 Å². The molecule has 0 aliphatic carbocycles. The molecule has 0 fully saturated rings. The Bertz CT molecular complexity index is 649. The Morgan fingerprint density at radius 2 is 1.60 bits per heavy atom. The van der Waals surface area contributed by atoms with Crippen molar-refractivity contribution in [2.75, 3.05) is 4.72 Å². The van der Waals surface area contributed by atoms with E-state index in [-0.39, 0.29) is 4.90 Å². The molecule has 2 aromatic carbocycles. The Morgan fingerprint density at radius 1 is 1.00 bits per heavy atom. The van der Waals surface area contributed by atoms with E-state index in [1.807, 2.05) is 24.3 Å². The minimum Gasteiger partial charge on any atom is -0.280 e. The van der Waals surface area contributed by atoms with E-state index in [9.17, 15) is 8.42 Å². The van der Waals surface area contributed by atoms with E-state index in [0.29, 0.717) is 11.6 Å². The van der Waals surface area contributed by atoms with Gasteiger partial charge in [-0.05, 0) is 42.2 Å². The van der Waals surface area contributed by atoms with Gasteiger partial charge >= 0.3 is 0 Å². The van der Waals surface area contributed by atoms with Gasteiger partial charge in [-0.2, -0.15) is 0 Å². The highest BCUT2D eigenvalue weighted by Gasteiger charge is 2.13. The SMILES string of the molecule is CC[C@H](C)c1ccc(NS(=O)(=O)c2ccccc2)cc1. The lowest BCUT2D eigenvalue weighted by Crippen LogP contribution is -2.12. The number of benzene rings is 2. The first kappa shape index (κ1) is 14.6. The van der Waals surface area contributed by atoms with E-state index in [0.717, 1.165) is 6.42 Å². The molecule has 0 spiro atoms. The summed E-state index contributed by atoms with van der Waals surface area (Å²) < 4.78 is 26.9. The molecule has 106 valence electrons. The summed E-state index contributed by atoms with van der Waals surface area (Å²) in [4.78, 5) is 0.269. The number of hydrogen-bond donors (Lipinski definition) is 1. The van der Waals surface area contributed by atoms with Crippen LogP contribution in [0.25, 0.3) is 0 Å². The van der Waals surface area contributed by atoms with Crippen molar-refractivity contribution in [1.82, 2.24) is 0 Å². The van der Waals surface area contributed by atoms with Gasteiger partial charge in [0.15, 0.2) is 0 Å². The maximum atomic E-state index is 12.2. The van der Waals surface area contributed by atoms with Crippen LogP contribution in [0.2, 0.25) is 0 Å². The lowest BCUT2D eigenvalue weighted by atomic mass is 9.99. The zero-order valence-electron chi connectivity index (χ0n) is 11.7. The highest BCUT2D eigenvalue weighted by Crippen LogP contribution is 2.22. The third-order valence-electron chi connectivity index (χ3n) is 3.40. The normalized spacial score (nSPS) is 12.9. The van der Waals surface area contributed by atoms with E-state index in [1.165, 1.54) is 5.56 Å². The van der Waals surface area contributed by atoms with Crippen molar-refractivity contribution < 1.29 is 8.42 Å². The maximum Gasteiger partial charge on any atom is 0.261 e. The Balaban J connectivity index is 2.18. The number of nitrogens with one attached hydrogen (secondary N) is 1. The summed E-state index contributed by atoms with van der Waals surface area (Å²) in [6.45, 7) is 4.29. The van der Waals surface area contributed by atoms with Gasteiger partial charge in [-0.1, -0.05) is 44.2 Å². The van der Waals surface area contributed by atoms with Crippen molar-refractivity contribution in [2.24, 2.45) is 0 Å². The average Bonchev–Trinajstić information content (AvgIpc) is 2.48. The molecule has 0 unspecified atom stereocenters. The van der Waals surface area contributed by atoms with E-state index in [1.54, 1.807) is 30.3 Å². The molecule has 0 radical (unpaired) electrons. The molecule has 0 heterocycles. The highest BCUT2D eigenvalue weighted by molar-refractivity contribution is 7.92. The first-order valence-electron chi connectivity index (χ1n) is 6.71. The summed E-state index contributed by atoms with van der Waals surface area (Å²) in [6.07, 6.45) is 1.06. The Kier molecular flexibility index (Phi) is 4.45. The van der Waals surface area contributed by atoms with Crippen molar-refractivity contribution in [3.63, 3.8) is 0 Å². The first-order valence-corrected chi connectivity index (χ1v) is 8.19. The fourth-order valence-corrected chi connectivity index (χ4v) is 3.01. The van der Waals surface area contributed by atoms with E-state index >= 15 is 0 Å². The average molecular weight is 289 g/mol. The largest absolute Gasteiger partial charge is 0.280 e. The van der Waals surface area contributed by atoms with Gasteiger partial charge in [0.1, 0.15) is 0 Å². The molecule has 0 bridgehead atoms. The lowest BCUT2D eigenvalue weighted by Gasteiger charge is -2.11. The summed E-state index contributed by atoms with van der Waals surface area (Å²) in [5.41, 5.74) is 1.80. The molecule has 20 heavy (non-hydrogen) atoms. The van der Waals surface area contributed by atoms with Crippen molar-refractivity contribution in [1.29, 1.82) is 0 Å². The van der Waals surface area contributed by atoms with Crippen molar-refractivity contribution >= 4 is 15.7 Å². The Labute approximate surface area is 120 Å². The molecule has 0 amide bonds. The van der Waals surface area contributed by atoms with Crippen LogP contribution in [-0.2, 0) is 10.0 Å². The second-order valence-electron chi connectivity index (χ2n) is 4.85. The molecule has 0 saturated carbocycles. The molecule has 2 rings (SSSR count). The number of rotatable bonds is 5. The van der Waals surface area contributed by atoms with Crippen molar-refractivity contribution in [3.05, 3.63) is 60.2 Å². The zero-order valence-corrected chi connectivity index (χ0v) is 12.5. The second-order valence-corrected chi connectivity index (χ2v) is 6.53. The third-order valence-corrected chi connectivity index (χ3v) is 4.80. The van der Waals surface area contributed by atoms with Gasteiger partial charge in [0.05, 0.1) is 4.90 Å². The maximum absolute atomic E-state index is 12.2. The standard InChI is InChI=1S/C16H19NO2S/c1-3-13(2)14-9-11-15(12-10-14)17-20(18,19)16-7-5-4-6-8-16/h4-13,17H,3H2,1-2H3/t13-/m0/s1. The molecular formula is C16H19NO2S. The van der Waals surface area contributed by atoms with Crippen LogP contribution in [0.15, 0.2) is 59.5 Å². The van der Waals surface area contributed by atoms with Crippen molar-refractivity contribution in [3.8, 4) is 0 Å². The molecule has 4 heteroatoms. The fourth-order valence-electron chi connectivity index (χ4n) is 1.93. The summed E-state index contributed by atoms with van der Waals surface area (Å²) >= 11 is 0. The van der Waals surface area contributed by atoms with Gasteiger partial charge in [0.2, 0.25) is 0 Å². The predicted octanol–water partition coefficient (Wildman–Crippen LogP) is 4.00. The molecule has 3 nitrogen and oxygen atoms in total. The molecule has 1 N–H and O–H groups in total. The van der Waals surface area contributed by atoms with E-state index in [4.69, 9.17) is 0 Å². The smallest absolute Gasteiger partial charge is 0.261 e. The highest BCUT2D eigenvalue weighted by atomic mass is 32.2. The summed E-state index contributed by atoms with van der Waals surface area (Å²) in [5, 5.41) is 0. The molecule has 0 saturated heterocycles. The van der Waals surface area contributed by atoms with Gasteiger partial charge in [-0.25, -0.2) is 8.42 Å². The van der Waals surface area contributed by atoms with E-state index < -0.39 is 10.0 Å². The first-order chi connectivity index (χ1) is 9.53. The Morgan fingerprint density at radius 3 is 2.15 bits per heavy atom. The van der Waals surface area contributed by atoms with Gasteiger partial charge in [0.25, 0.3) is 10.0 Å². The summed E-state index contributed by atoms with van der Waals surface area (Å²) in [6, 6.07) is 15.9. The van der Waals surface area contributed by atoms with Crippen molar-refractivity contribution in [2.45, 2.75) is 31.1 Å². The van der Waals surface area contributed by atoms with Crippen LogP contribution >= 0.6 is 0 Å². The van der Waals surface area contributed by atoms with Gasteiger partial charge in [-0.15, -0.1) is 0 Å². The lowest BCUT2D eigenvalue weighted by molar-refractivity contribution is 0.601. The van der Waals surface area contributed by atoms with Gasteiger partial charge in [-0.3, -0.25) is 4.72 Å². The quantitative estimate of drug-likeness (QED) is 0.904. The minimum atomic E-state index is -3.50. The monoisotopic (exact) mass is 289 g/mol. The third kappa shape index (κ3) is 3.39. The molecular weight excluding hydrogens is 270 g/mol. The number of sulfonamides is 1. The van der Waals surface area contributed by atoms with Crippen LogP contribution in [0.1, 0.15) is 31.7 Å². The van der Waals surface area contributed by atoms with Crippen LogP contribution in [0.4, 0.5) is 5.69 Å². The number of hydrogen-bond acceptors (Lipinski definition) is 2. The van der Waals surface area contributed by atoms with Gasteiger partial charge in [0, 0.05) is 5.69 Å².